The van der Waals surface area contributed by atoms with Crippen LogP contribution in [0.2, 0.25) is 0 Å². The first-order valence-electron chi connectivity index (χ1n) is 12.1. The largest absolute Gasteiger partial charge is 0.325 e. The third-order valence-corrected chi connectivity index (χ3v) is 7.24. The van der Waals surface area contributed by atoms with Crippen LogP contribution >= 0.6 is 0 Å². The maximum absolute atomic E-state index is 13.3. The number of nitrogens with one attached hydrogen (secondary N) is 2. The molecule has 35 heavy (non-hydrogen) atoms. The fourth-order valence-corrected chi connectivity index (χ4v) is 5.51. The molecule has 0 saturated carbocycles. The minimum absolute atomic E-state index is 0.348. The number of aryl methyl sites for hydroxylation is 2. The van der Waals surface area contributed by atoms with Crippen molar-refractivity contribution in [1.82, 2.24) is 25.0 Å². The van der Waals surface area contributed by atoms with Crippen LogP contribution in [0.15, 0.2) is 48.5 Å². The summed E-state index contributed by atoms with van der Waals surface area (Å²) in [6.07, 6.45) is 5.51. The lowest BCUT2D eigenvalue weighted by molar-refractivity contribution is -0.134. The van der Waals surface area contributed by atoms with E-state index < -0.39 is 17.5 Å². The molecule has 3 heterocycles. The molecular formula is C26H26N6O3. The lowest BCUT2D eigenvalue weighted by Gasteiger charge is -2.22. The van der Waals surface area contributed by atoms with Crippen molar-refractivity contribution < 1.29 is 14.4 Å². The van der Waals surface area contributed by atoms with Crippen LogP contribution in [0.3, 0.4) is 0 Å². The van der Waals surface area contributed by atoms with E-state index in [0.717, 1.165) is 59.0 Å². The first kappa shape index (κ1) is 21.5. The first-order chi connectivity index (χ1) is 17.0. The van der Waals surface area contributed by atoms with Gasteiger partial charge in [-0.25, -0.2) is 4.79 Å². The van der Waals surface area contributed by atoms with E-state index >= 15 is 0 Å². The number of aromatic nitrogens is 3. The lowest BCUT2D eigenvalue weighted by atomic mass is 9.92. The van der Waals surface area contributed by atoms with E-state index in [1.54, 1.807) is 6.07 Å². The van der Waals surface area contributed by atoms with Crippen LogP contribution in [0.4, 0.5) is 10.5 Å². The van der Waals surface area contributed by atoms with Gasteiger partial charge in [0.1, 0.15) is 17.9 Å². The average Bonchev–Trinajstić information content (AvgIpc) is 3.44. The van der Waals surface area contributed by atoms with Gasteiger partial charge in [0.05, 0.1) is 0 Å². The molecule has 6 rings (SSSR count). The Kier molecular flexibility index (Phi) is 5.12. The van der Waals surface area contributed by atoms with Crippen LogP contribution in [-0.2, 0) is 34.5 Å². The number of hydrogen-bond acceptors (Lipinski definition) is 5. The van der Waals surface area contributed by atoms with Gasteiger partial charge in [0.25, 0.3) is 5.91 Å². The number of fused-ring (bicyclic) bond motifs is 3. The Labute approximate surface area is 202 Å². The summed E-state index contributed by atoms with van der Waals surface area (Å²) in [6, 6.07) is 14.5. The van der Waals surface area contributed by atoms with Crippen molar-refractivity contribution >= 4 is 23.5 Å². The molecule has 0 radical (unpaired) electrons. The molecule has 178 valence electrons. The second-order valence-corrected chi connectivity index (χ2v) is 9.42. The topological polar surface area (TPSA) is 109 Å². The molecule has 2 aliphatic heterocycles. The van der Waals surface area contributed by atoms with Crippen molar-refractivity contribution in [3.63, 3.8) is 0 Å². The molecule has 1 fully saturated rings. The minimum Gasteiger partial charge on any atom is -0.325 e. The Morgan fingerprint density at radius 2 is 1.91 bits per heavy atom. The van der Waals surface area contributed by atoms with E-state index in [1.165, 1.54) is 6.42 Å². The zero-order chi connectivity index (χ0) is 24.0. The van der Waals surface area contributed by atoms with E-state index in [-0.39, 0.29) is 12.5 Å². The fraction of sp³-hybridized carbons (Fsp3) is 0.346. The quantitative estimate of drug-likeness (QED) is 0.570. The molecular weight excluding hydrogens is 444 g/mol. The zero-order valence-electron chi connectivity index (χ0n) is 19.3. The molecule has 0 bridgehead atoms. The Morgan fingerprint density at radius 1 is 1.03 bits per heavy atom. The second kappa shape index (κ2) is 8.33. The maximum atomic E-state index is 13.3. The summed E-state index contributed by atoms with van der Waals surface area (Å²) in [7, 11) is 0. The Balaban J connectivity index is 1.18. The average molecular weight is 471 g/mol. The number of anilines is 1. The third-order valence-electron chi connectivity index (χ3n) is 7.24. The smallest absolute Gasteiger partial charge is 0.325 e. The lowest BCUT2D eigenvalue weighted by Crippen LogP contribution is -2.43. The number of urea groups is 1. The SMILES string of the molecule is O=C(CN1C(=O)NC2(CCc3ccccc32)C1=O)Nc1cccc(-c2nnc3n2CCCCC3)c1. The van der Waals surface area contributed by atoms with Gasteiger partial charge in [0.2, 0.25) is 5.91 Å². The van der Waals surface area contributed by atoms with E-state index in [2.05, 4.69) is 25.4 Å². The predicted octanol–water partition coefficient (Wildman–Crippen LogP) is 3.00. The molecule has 2 N–H and O–H groups in total. The van der Waals surface area contributed by atoms with Crippen molar-refractivity contribution in [2.75, 3.05) is 11.9 Å². The van der Waals surface area contributed by atoms with Gasteiger partial charge < -0.3 is 15.2 Å². The van der Waals surface area contributed by atoms with Crippen LogP contribution in [-0.4, -0.2) is 44.1 Å². The van der Waals surface area contributed by atoms with Gasteiger partial charge in [-0.1, -0.05) is 42.8 Å². The number of rotatable bonds is 4. The van der Waals surface area contributed by atoms with Crippen molar-refractivity contribution in [3.05, 3.63) is 65.5 Å². The molecule has 9 nitrogen and oxygen atoms in total. The molecule has 3 aliphatic rings. The molecule has 1 unspecified atom stereocenters. The number of nitrogens with zero attached hydrogens (tertiary/aromatic N) is 4. The van der Waals surface area contributed by atoms with Gasteiger partial charge in [-0.05, 0) is 48.9 Å². The van der Waals surface area contributed by atoms with E-state index in [4.69, 9.17) is 0 Å². The summed E-state index contributed by atoms with van der Waals surface area (Å²) in [5.41, 5.74) is 2.24. The third kappa shape index (κ3) is 3.58. The summed E-state index contributed by atoms with van der Waals surface area (Å²) in [4.78, 5) is 39.9. The van der Waals surface area contributed by atoms with Crippen molar-refractivity contribution in [1.29, 1.82) is 0 Å². The molecule has 9 heteroatoms. The highest BCUT2D eigenvalue weighted by molar-refractivity contribution is 6.11. The number of hydrogen-bond donors (Lipinski definition) is 2. The van der Waals surface area contributed by atoms with E-state index in [9.17, 15) is 14.4 Å². The Bertz CT molecular complexity index is 1350. The standard InChI is InChI=1S/C26H26N6O3/c33-22(16-32-24(34)26(28-25(32)35)13-12-17-7-3-4-10-20(17)26)27-19-9-6-8-18(15-19)23-30-29-21-11-2-1-5-14-31(21)23/h3-4,6-10,15H,1-2,5,11-14,16H2,(H,27,33)(H,28,35). The predicted molar refractivity (Wildman–Crippen MR) is 128 cm³/mol. The molecule has 1 spiro atoms. The maximum Gasteiger partial charge on any atom is 0.325 e. The number of imide groups is 1. The summed E-state index contributed by atoms with van der Waals surface area (Å²) in [5.74, 6) is 0.971. The zero-order valence-corrected chi connectivity index (χ0v) is 19.3. The monoisotopic (exact) mass is 470 g/mol. The molecule has 1 atom stereocenters. The van der Waals surface area contributed by atoms with Gasteiger partial charge in [0.15, 0.2) is 5.82 Å². The molecule has 1 saturated heterocycles. The normalized spacial score (nSPS) is 21.0. The minimum atomic E-state index is -1.07. The first-order valence-corrected chi connectivity index (χ1v) is 12.1. The molecule has 1 aliphatic carbocycles. The second-order valence-electron chi connectivity index (χ2n) is 9.42. The summed E-state index contributed by atoms with van der Waals surface area (Å²) in [6.45, 7) is 0.532. The summed E-state index contributed by atoms with van der Waals surface area (Å²) in [5, 5.41) is 14.4. The fourth-order valence-electron chi connectivity index (χ4n) is 5.51. The Hall–Kier alpha value is -4.01. The van der Waals surface area contributed by atoms with Gasteiger partial charge in [-0.15, -0.1) is 10.2 Å². The highest BCUT2D eigenvalue weighted by Gasteiger charge is 2.55. The summed E-state index contributed by atoms with van der Waals surface area (Å²) < 4.78 is 2.15. The number of amides is 4. The van der Waals surface area contributed by atoms with Gasteiger partial charge in [-0.3, -0.25) is 14.5 Å². The number of carbonyl (C=O) groups is 3. The molecule has 3 aromatic rings. The molecule has 2 aromatic carbocycles. The van der Waals surface area contributed by atoms with Gasteiger partial charge in [-0.2, -0.15) is 0 Å². The van der Waals surface area contributed by atoms with Gasteiger partial charge in [0, 0.05) is 24.2 Å². The van der Waals surface area contributed by atoms with Gasteiger partial charge >= 0.3 is 6.03 Å². The van der Waals surface area contributed by atoms with E-state index in [0.29, 0.717) is 18.5 Å². The number of benzene rings is 2. The number of carbonyl (C=O) groups excluding carboxylic acids is 3. The van der Waals surface area contributed by atoms with Crippen LogP contribution < -0.4 is 10.6 Å². The van der Waals surface area contributed by atoms with Crippen molar-refractivity contribution in [2.45, 2.75) is 50.6 Å². The molecule has 4 amide bonds. The molecule has 1 aromatic heterocycles. The van der Waals surface area contributed by atoms with Crippen LogP contribution in [0.25, 0.3) is 11.4 Å². The van der Waals surface area contributed by atoms with Crippen molar-refractivity contribution in [2.24, 2.45) is 0 Å². The Morgan fingerprint density at radius 3 is 2.83 bits per heavy atom. The highest BCUT2D eigenvalue weighted by Crippen LogP contribution is 2.41. The van der Waals surface area contributed by atoms with Crippen LogP contribution in [0.5, 0.6) is 0 Å². The summed E-state index contributed by atoms with van der Waals surface area (Å²) >= 11 is 0. The highest BCUT2D eigenvalue weighted by atomic mass is 16.2. The van der Waals surface area contributed by atoms with Crippen molar-refractivity contribution in [3.8, 4) is 11.4 Å². The van der Waals surface area contributed by atoms with E-state index in [1.807, 2.05) is 42.5 Å². The van der Waals surface area contributed by atoms with Crippen LogP contribution in [0, 0.1) is 0 Å². The van der Waals surface area contributed by atoms with Crippen LogP contribution in [0.1, 0.15) is 42.6 Å².